The van der Waals surface area contributed by atoms with Gasteiger partial charge < -0.3 is 19.0 Å². The van der Waals surface area contributed by atoms with E-state index >= 15 is 0 Å². The first-order valence-corrected chi connectivity index (χ1v) is 10.2. The van der Waals surface area contributed by atoms with Crippen LogP contribution in [-0.2, 0) is 13.0 Å². The lowest BCUT2D eigenvalue weighted by Gasteiger charge is -2.24. The van der Waals surface area contributed by atoms with Gasteiger partial charge in [-0.1, -0.05) is 23.4 Å². The first kappa shape index (κ1) is 19.2. The topological polar surface area (TPSA) is 95.3 Å². The van der Waals surface area contributed by atoms with Crippen molar-refractivity contribution < 1.29 is 18.5 Å². The van der Waals surface area contributed by atoms with Gasteiger partial charge in [0.05, 0.1) is 32.2 Å². The molecular weight excluding hydrogens is 396 g/mol. The van der Waals surface area contributed by atoms with Crippen LogP contribution in [0.5, 0.6) is 5.75 Å². The molecule has 0 bridgehead atoms. The molecule has 0 spiro atoms. The summed E-state index contributed by atoms with van der Waals surface area (Å²) in [7, 11) is 1.67. The number of carbonyl (C=O) groups excluding carboxylic acids is 1. The Morgan fingerprint density at radius 2 is 2.16 bits per heavy atom. The number of aromatic nitrogens is 3. The molecule has 0 radical (unpaired) electrons. The molecule has 0 aliphatic heterocycles. The number of ether oxygens (including phenoxy) is 1. The normalized spacial score (nSPS) is 15.5. The van der Waals surface area contributed by atoms with E-state index in [1.807, 2.05) is 35.1 Å². The molecule has 31 heavy (non-hydrogen) atoms. The number of fused-ring (bicyclic) bond motifs is 1. The molecule has 3 heterocycles. The second kappa shape index (κ2) is 8.14. The van der Waals surface area contributed by atoms with Crippen LogP contribution in [0.4, 0.5) is 0 Å². The first-order chi connectivity index (χ1) is 15.2. The van der Waals surface area contributed by atoms with Crippen molar-refractivity contribution in [1.82, 2.24) is 20.3 Å². The summed E-state index contributed by atoms with van der Waals surface area (Å²) in [5.41, 5.74) is 3.47. The maximum Gasteiger partial charge on any atom is 0.273 e. The van der Waals surface area contributed by atoms with E-state index in [9.17, 15) is 4.79 Å². The summed E-state index contributed by atoms with van der Waals surface area (Å²) in [5, 5.41) is 11.6. The van der Waals surface area contributed by atoms with E-state index in [1.165, 1.54) is 0 Å². The van der Waals surface area contributed by atoms with Gasteiger partial charge in [-0.2, -0.15) is 5.10 Å². The first-order valence-electron chi connectivity index (χ1n) is 10.2. The number of nitrogens with one attached hydrogen (secondary N) is 1. The van der Waals surface area contributed by atoms with Crippen molar-refractivity contribution in [2.45, 2.75) is 31.8 Å². The van der Waals surface area contributed by atoms with Crippen LogP contribution < -0.4 is 10.1 Å². The number of amides is 1. The van der Waals surface area contributed by atoms with Crippen LogP contribution >= 0.6 is 0 Å². The molecule has 3 aromatic heterocycles. The van der Waals surface area contributed by atoms with E-state index in [-0.39, 0.29) is 17.6 Å². The number of rotatable bonds is 6. The predicted molar refractivity (Wildman–Crippen MR) is 112 cm³/mol. The monoisotopic (exact) mass is 418 g/mol. The molecular formula is C23H22N4O4. The van der Waals surface area contributed by atoms with Crippen LogP contribution in [-0.4, -0.2) is 28.0 Å². The molecule has 1 aliphatic carbocycles. The number of nitrogens with zero attached hydrogens (tertiary/aromatic N) is 3. The second-order valence-corrected chi connectivity index (χ2v) is 7.49. The molecule has 1 N–H and O–H groups in total. The number of hydrogen-bond acceptors (Lipinski definition) is 6. The summed E-state index contributed by atoms with van der Waals surface area (Å²) in [6.07, 6.45) is 6.13. The molecule has 1 atom stereocenters. The minimum atomic E-state index is -0.281. The number of hydrogen-bond donors (Lipinski definition) is 1. The second-order valence-electron chi connectivity index (χ2n) is 7.49. The molecule has 0 saturated carbocycles. The molecule has 1 aliphatic rings. The highest BCUT2D eigenvalue weighted by Crippen LogP contribution is 2.31. The zero-order chi connectivity index (χ0) is 21.2. The molecule has 8 nitrogen and oxygen atoms in total. The number of methoxy groups -OCH3 is 1. The van der Waals surface area contributed by atoms with Crippen molar-refractivity contribution in [3.8, 4) is 17.3 Å². The van der Waals surface area contributed by atoms with Gasteiger partial charge in [0.1, 0.15) is 5.75 Å². The van der Waals surface area contributed by atoms with E-state index in [0.717, 1.165) is 41.8 Å². The smallest absolute Gasteiger partial charge is 0.273 e. The van der Waals surface area contributed by atoms with Crippen molar-refractivity contribution in [2.75, 3.05) is 7.11 Å². The number of carbonyl (C=O) groups is 1. The number of furan rings is 1. The van der Waals surface area contributed by atoms with Crippen LogP contribution in [0.3, 0.4) is 0 Å². The Morgan fingerprint density at radius 1 is 1.26 bits per heavy atom. The molecule has 1 aromatic carbocycles. The molecule has 158 valence electrons. The van der Waals surface area contributed by atoms with E-state index in [4.69, 9.17) is 13.7 Å². The van der Waals surface area contributed by atoms with Crippen molar-refractivity contribution in [2.24, 2.45) is 0 Å². The summed E-state index contributed by atoms with van der Waals surface area (Å²) < 4.78 is 18.0. The zero-order valence-corrected chi connectivity index (χ0v) is 17.1. The van der Waals surface area contributed by atoms with Gasteiger partial charge >= 0.3 is 0 Å². The molecule has 4 aromatic rings. The largest absolute Gasteiger partial charge is 0.496 e. The van der Waals surface area contributed by atoms with Gasteiger partial charge in [-0.05, 0) is 37.5 Å². The molecule has 1 amide bonds. The highest BCUT2D eigenvalue weighted by molar-refractivity contribution is 5.93. The Labute approximate surface area is 178 Å². The van der Waals surface area contributed by atoms with E-state index in [0.29, 0.717) is 18.1 Å². The molecule has 0 unspecified atom stereocenters. The zero-order valence-electron chi connectivity index (χ0n) is 17.1. The SMILES string of the molecule is COc1ccccc1Cn1ncc2c1CCC[C@@H]2NC(=O)c1cc(-c2ccco2)on1. The summed E-state index contributed by atoms with van der Waals surface area (Å²) in [6.45, 7) is 0.621. The standard InChI is InChI=1S/C23H22N4O4/c1-29-20-9-3-2-6-15(20)14-27-19-8-4-7-17(16(19)13-24-27)25-23(28)18-12-22(31-26-18)21-10-5-11-30-21/h2-3,5-6,9-13,17H,4,7-8,14H2,1H3,(H,25,28)/t17-/m0/s1. The third-order valence-electron chi connectivity index (χ3n) is 5.59. The van der Waals surface area contributed by atoms with Crippen LogP contribution in [0.25, 0.3) is 11.5 Å². The van der Waals surface area contributed by atoms with E-state index < -0.39 is 0 Å². The fourth-order valence-electron chi connectivity index (χ4n) is 4.05. The maximum atomic E-state index is 12.8. The molecule has 8 heteroatoms. The lowest BCUT2D eigenvalue weighted by molar-refractivity contribution is 0.0923. The fraction of sp³-hybridized carbons (Fsp3) is 0.261. The van der Waals surface area contributed by atoms with E-state index in [1.54, 1.807) is 31.6 Å². The van der Waals surface area contributed by atoms with Gasteiger partial charge in [0.25, 0.3) is 5.91 Å². The number of benzene rings is 1. The Bertz CT molecular complexity index is 1190. The summed E-state index contributed by atoms with van der Waals surface area (Å²) in [4.78, 5) is 12.8. The predicted octanol–water partition coefficient (Wildman–Crippen LogP) is 4.00. The third-order valence-corrected chi connectivity index (χ3v) is 5.59. The van der Waals surface area contributed by atoms with Crippen molar-refractivity contribution in [3.63, 3.8) is 0 Å². The maximum absolute atomic E-state index is 12.8. The minimum Gasteiger partial charge on any atom is -0.496 e. The van der Waals surface area contributed by atoms with Crippen molar-refractivity contribution in [3.05, 3.63) is 77.4 Å². The highest BCUT2D eigenvalue weighted by atomic mass is 16.5. The van der Waals surface area contributed by atoms with Crippen LogP contribution in [0.15, 0.2) is 63.9 Å². The minimum absolute atomic E-state index is 0.119. The van der Waals surface area contributed by atoms with Gasteiger partial charge in [-0.25, -0.2) is 0 Å². The Hall–Kier alpha value is -3.81. The van der Waals surface area contributed by atoms with Crippen molar-refractivity contribution >= 4 is 5.91 Å². The van der Waals surface area contributed by atoms with Gasteiger partial charge in [-0.15, -0.1) is 0 Å². The quantitative estimate of drug-likeness (QED) is 0.509. The average molecular weight is 418 g/mol. The lowest BCUT2D eigenvalue weighted by atomic mass is 9.92. The Morgan fingerprint density at radius 3 is 3.00 bits per heavy atom. The van der Waals surface area contributed by atoms with Gasteiger partial charge in [0.15, 0.2) is 11.5 Å². The van der Waals surface area contributed by atoms with Gasteiger partial charge in [-0.3, -0.25) is 9.48 Å². The van der Waals surface area contributed by atoms with Crippen LogP contribution in [0.1, 0.15) is 46.2 Å². The van der Waals surface area contributed by atoms with Crippen LogP contribution in [0.2, 0.25) is 0 Å². The van der Waals surface area contributed by atoms with Gasteiger partial charge in [0.2, 0.25) is 5.76 Å². The molecule has 5 rings (SSSR count). The third kappa shape index (κ3) is 3.72. The van der Waals surface area contributed by atoms with Crippen LogP contribution in [0, 0.1) is 0 Å². The average Bonchev–Trinajstić information content (AvgIpc) is 3.55. The summed E-state index contributed by atoms with van der Waals surface area (Å²) in [5.74, 6) is 1.51. The fourth-order valence-corrected chi connectivity index (χ4v) is 4.05. The Balaban J connectivity index is 1.33. The van der Waals surface area contributed by atoms with Gasteiger partial charge in [0, 0.05) is 22.9 Å². The van der Waals surface area contributed by atoms with Crippen molar-refractivity contribution in [1.29, 1.82) is 0 Å². The summed E-state index contributed by atoms with van der Waals surface area (Å²) in [6, 6.07) is 12.9. The highest BCUT2D eigenvalue weighted by Gasteiger charge is 2.27. The van der Waals surface area contributed by atoms with E-state index in [2.05, 4.69) is 15.6 Å². The number of para-hydroxylation sites is 1. The Kier molecular flexibility index (Phi) is 5.03. The summed E-state index contributed by atoms with van der Waals surface area (Å²) >= 11 is 0. The lowest BCUT2D eigenvalue weighted by Crippen LogP contribution is -2.31. The molecule has 0 fully saturated rings. The molecule has 0 saturated heterocycles.